The monoisotopic (exact) mass is 289 g/mol. The van der Waals surface area contributed by atoms with Gasteiger partial charge in [-0.3, -0.25) is 4.90 Å². The van der Waals surface area contributed by atoms with Crippen molar-refractivity contribution in [3.05, 3.63) is 35.9 Å². The van der Waals surface area contributed by atoms with Gasteiger partial charge in [-0.25, -0.2) is 0 Å². The van der Waals surface area contributed by atoms with Gasteiger partial charge in [0, 0.05) is 12.1 Å². The van der Waals surface area contributed by atoms with E-state index < -0.39 is 0 Å². The molecule has 21 heavy (non-hydrogen) atoms. The van der Waals surface area contributed by atoms with Crippen LogP contribution in [0, 0.1) is 0 Å². The Morgan fingerprint density at radius 2 is 1.67 bits per heavy atom. The minimum atomic E-state index is 0.466. The summed E-state index contributed by atoms with van der Waals surface area (Å²) in [6.07, 6.45) is 5.41. The smallest absolute Gasteiger partial charge is 0.0622 e. The second kappa shape index (κ2) is 7.95. The molecule has 0 amide bonds. The average molecular weight is 289 g/mol. The van der Waals surface area contributed by atoms with E-state index in [1.807, 2.05) is 0 Å². The molecular formula is C19H31NO. The zero-order valence-corrected chi connectivity index (χ0v) is 14.1. The van der Waals surface area contributed by atoms with Crippen LogP contribution in [0.3, 0.4) is 0 Å². The highest BCUT2D eigenvalue weighted by Gasteiger charge is 2.23. The summed E-state index contributed by atoms with van der Waals surface area (Å²) in [5.41, 5.74) is 1.50. The Hall–Kier alpha value is -0.860. The lowest BCUT2D eigenvalue weighted by Gasteiger charge is -2.32. The van der Waals surface area contributed by atoms with Gasteiger partial charge >= 0.3 is 0 Å². The molecule has 1 unspecified atom stereocenters. The number of hydrogen-bond acceptors (Lipinski definition) is 2. The topological polar surface area (TPSA) is 12.5 Å². The number of benzene rings is 1. The molecule has 1 aromatic carbocycles. The lowest BCUT2D eigenvalue weighted by Crippen LogP contribution is -2.39. The molecule has 0 aromatic heterocycles. The molecule has 1 aliphatic carbocycles. The molecule has 2 rings (SSSR count). The third kappa shape index (κ3) is 4.82. The summed E-state index contributed by atoms with van der Waals surface area (Å²) in [5.74, 6) is 0.738. The van der Waals surface area contributed by atoms with Gasteiger partial charge in [-0.1, -0.05) is 30.3 Å². The van der Waals surface area contributed by atoms with Crippen molar-refractivity contribution in [3.63, 3.8) is 0 Å². The number of hydrogen-bond donors (Lipinski definition) is 0. The minimum absolute atomic E-state index is 0.466. The third-order valence-electron chi connectivity index (χ3n) is 5.03. The first-order chi connectivity index (χ1) is 10.1. The normalized spacial score (nSPS) is 24.5. The zero-order chi connectivity index (χ0) is 15.2. The van der Waals surface area contributed by atoms with Gasteiger partial charge in [-0.2, -0.15) is 0 Å². The molecule has 1 aromatic rings. The van der Waals surface area contributed by atoms with E-state index >= 15 is 0 Å². The molecule has 0 bridgehead atoms. The van der Waals surface area contributed by atoms with Crippen LogP contribution in [-0.2, 0) is 4.74 Å². The highest BCUT2D eigenvalue weighted by molar-refractivity contribution is 5.19. The Bertz CT molecular complexity index is 395. The zero-order valence-electron chi connectivity index (χ0n) is 14.1. The van der Waals surface area contributed by atoms with Crippen LogP contribution >= 0.6 is 0 Å². The Balaban J connectivity index is 1.72. The van der Waals surface area contributed by atoms with Crippen LogP contribution in [0.1, 0.15) is 57.9 Å². The van der Waals surface area contributed by atoms with Crippen molar-refractivity contribution >= 4 is 0 Å². The first kappa shape index (κ1) is 16.5. The molecule has 0 spiro atoms. The van der Waals surface area contributed by atoms with E-state index in [9.17, 15) is 0 Å². The lowest BCUT2D eigenvalue weighted by molar-refractivity contribution is -0.00754. The van der Waals surface area contributed by atoms with Gasteiger partial charge in [0.2, 0.25) is 0 Å². The standard InChI is InChI=1S/C19H31NO/c1-15(2)20(4)16(3)14-21-19-12-10-18(11-13-19)17-8-6-5-7-9-17/h5-9,15-16,18-19H,10-14H2,1-4H3. The predicted molar refractivity (Wildman–Crippen MR) is 89.8 cm³/mol. The van der Waals surface area contributed by atoms with Gasteiger partial charge in [-0.15, -0.1) is 0 Å². The summed E-state index contributed by atoms with van der Waals surface area (Å²) in [4.78, 5) is 2.38. The molecule has 2 nitrogen and oxygen atoms in total. The van der Waals surface area contributed by atoms with Crippen LogP contribution in [-0.4, -0.2) is 36.7 Å². The third-order valence-corrected chi connectivity index (χ3v) is 5.03. The first-order valence-corrected chi connectivity index (χ1v) is 8.46. The van der Waals surface area contributed by atoms with E-state index in [0.717, 1.165) is 12.5 Å². The van der Waals surface area contributed by atoms with Crippen LogP contribution in [0.15, 0.2) is 30.3 Å². The lowest BCUT2D eigenvalue weighted by atomic mass is 9.83. The van der Waals surface area contributed by atoms with Gasteiger partial charge < -0.3 is 4.74 Å². The predicted octanol–water partition coefficient (Wildman–Crippen LogP) is 4.46. The molecule has 1 aliphatic rings. The second-order valence-electron chi connectivity index (χ2n) is 6.83. The second-order valence-corrected chi connectivity index (χ2v) is 6.83. The van der Waals surface area contributed by atoms with Crippen molar-refractivity contribution in [2.24, 2.45) is 0 Å². The Morgan fingerprint density at radius 3 is 2.24 bits per heavy atom. The van der Waals surface area contributed by atoms with Crippen molar-refractivity contribution in [1.82, 2.24) is 4.90 Å². The fraction of sp³-hybridized carbons (Fsp3) is 0.684. The summed E-state index contributed by atoms with van der Waals surface area (Å²) in [6.45, 7) is 7.59. The van der Waals surface area contributed by atoms with Gasteiger partial charge in [0.05, 0.1) is 12.7 Å². The maximum absolute atomic E-state index is 6.16. The van der Waals surface area contributed by atoms with Crippen molar-refractivity contribution in [2.45, 2.75) is 70.6 Å². The van der Waals surface area contributed by atoms with Crippen LogP contribution in [0.5, 0.6) is 0 Å². The number of rotatable bonds is 6. The molecule has 1 saturated carbocycles. The van der Waals surface area contributed by atoms with E-state index in [0.29, 0.717) is 18.2 Å². The Morgan fingerprint density at radius 1 is 1.05 bits per heavy atom. The number of nitrogens with zero attached hydrogens (tertiary/aromatic N) is 1. The fourth-order valence-corrected chi connectivity index (χ4v) is 3.19. The van der Waals surface area contributed by atoms with E-state index in [4.69, 9.17) is 4.74 Å². The number of ether oxygens (including phenoxy) is 1. The quantitative estimate of drug-likeness (QED) is 0.766. The Kier molecular flexibility index (Phi) is 6.25. The fourth-order valence-electron chi connectivity index (χ4n) is 3.19. The van der Waals surface area contributed by atoms with Crippen LogP contribution in [0.4, 0.5) is 0 Å². The van der Waals surface area contributed by atoms with Crippen molar-refractivity contribution in [1.29, 1.82) is 0 Å². The first-order valence-electron chi connectivity index (χ1n) is 8.46. The molecule has 1 fully saturated rings. The average Bonchev–Trinajstić information content (AvgIpc) is 2.53. The van der Waals surface area contributed by atoms with Crippen LogP contribution < -0.4 is 0 Å². The van der Waals surface area contributed by atoms with Gasteiger partial charge in [0.1, 0.15) is 0 Å². The maximum Gasteiger partial charge on any atom is 0.0622 e. The summed E-state index contributed by atoms with van der Waals surface area (Å²) in [5, 5.41) is 0. The molecule has 0 saturated heterocycles. The summed E-state index contributed by atoms with van der Waals surface area (Å²) >= 11 is 0. The minimum Gasteiger partial charge on any atom is -0.377 e. The van der Waals surface area contributed by atoms with Crippen LogP contribution in [0.25, 0.3) is 0 Å². The van der Waals surface area contributed by atoms with E-state index in [1.165, 1.54) is 31.2 Å². The molecule has 1 atom stereocenters. The Labute approximate surface area is 130 Å². The SMILES string of the molecule is CC(C)N(C)C(C)COC1CCC(c2ccccc2)CC1. The highest BCUT2D eigenvalue weighted by Crippen LogP contribution is 2.33. The summed E-state index contributed by atoms with van der Waals surface area (Å²) < 4.78 is 6.16. The molecule has 0 N–H and O–H groups in total. The van der Waals surface area contributed by atoms with Gasteiger partial charge in [-0.05, 0) is 65.0 Å². The molecule has 0 radical (unpaired) electrons. The molecule has 118 valence electrons. The summed E-state index contributed by atoms with van der Waals surface area (Å²) in [7, 11) is 2.19. The number of likely N-dealkylation sites (N-methyl/N-ethyl adjacent to an activating group) is 1. The van der Waals surface area contributed by atoms with Crippen LogP contribution in [0.2, 0.25) is 0 Å². The molecular weight excluding hydrogens is 258 g/mol. The largest absolute Gasteiger partial charge is 0.377 e. The highest BCUT2D eigenvalue weighted by atomic mass is 16.5. The molecule has 0 aliphatic heterocycles. The maximum atomic E-state index is 6.16. The summed E-state index contributed by atoms with van der Waals surface area (Å²) in [6, 6.07) is 12.0. The van der Waals surface area contributed by atoms with Gasteiger partial charge in [0.25, 0.3) is 0 Å². The van der Waals surface area contributed by atoms with Crippen molar-refractivity contribution in [2.75, 3.05) is 13.7 Å². The van der Waals surface area contributed by atoms with E-state index in [2.05, 4.69) is 63.1 Å². The van der Waals surface area contributed by atoms with E-state index in [1.54, 1.807) is 0 Å². The van der Waals surface area contributed by atoms with E-state index in [-0.39, 0.29) is 0 Å². The van der Waals surface area contributed by atoms with Crippen molar-refractivity contribution < 1.29 is 4.74 Å². The van der Waals surface area contributed by atoms with Gasteiger partial charge in [0.15, 0.2) is 0 Å². The van der Waals surface area contributed by atoms with Crippen molar-refractivity contribution in [3.8, 4) is 0 Å². The molecule has 2 heteroatoms. The molecule has 0 heterocycles.